The second-order valence-electron chi connectivity index (χ2n) is 5.47. The van der Waals surface area contributed by atoms with E-state index in [2.05, 4.69) is 18.2 Å². The highest BCUT2D eigenvalue weighted by atomic mass is 35.5. The average Bonchev–Trinajstić information content (AvgIpc) is 2.75. The van der Waals surface area contributed by atoms with Gasteiger partial charge < -0.3 is 0 Å². The van der Waals surface area contributed by atoms with Gasteiger partial charge in [0.2, 0.25) is 0 Å². The Kier molecular flexibility index (Phi) is 2.75. The molecule has 0 fully saturated rings. The van der Waals surface area contributed by atoms with Crippen molar-refractivity contribution in [1.82, 2.24) is 0 Å². The summed E-state index contributed by atoms with van der Waals surface area (Å²) >= 11 is 6.18. The number of ketones is 1. The monoisotopic (exact) mass is 270 g/mol. The van der Waals surface area contributed by atoms with Crippen molar-refractivity contribution < 1.29 is 4.79 Å². The zero-order valence-corrected chi connectivity index (χ0v) is 11.8. The molecule has 0 spiro atoms. The van der Waals surface area contributed by atoms with Crippen LogP contribution in [-0.2, 0) is 6.42 Å². The Labute approximate surface area is 118 Å². The summed E-state index contributed by atoms with van der Waals surface area (Å²) in [5, 5.41) is 0. The van der Waals surface area contributed by atoms with E-state index in [4.69, 9.17) is 11.6 Å². The summed E-state index contributed by atoms with van der Waals surface area (Å²) in [6.07, 6.45) is 0.820. The van der Waals surface area contributed by atoms with Crippen molar-refractivity contribution in [2.75, 3.05) is 0 Å². The molecule has 96 valence electrons. The molecular formula is C17H15ClO. The standard InChI is InChI=1S/C17H15ClO/c1-17(2,18)16(19)14-9-5-8-13-12-7-4-3-6-11(12)10-15(13)14/h3-9H,10H2,1-2H3. The molecule has 0 saturated carbocycles. The van der Waals surface area contributed by atoms with Crippen LogP contribution in [0.2, 0.25) is 0 Å². The van der Waals surface area contributed by atoms with E-state index in [-0.39, 0.29) is 5.78 Å². The third-order valence-corrected chi connectivity index (χ3v) is 3.81. The molecule has 0 heterocycles. The highest BCUT2D eigenvalue weighted by molar-refractivity contribution is 6.37. The van der Waals surface area contributed by atoms with Crippen molar-refractivity contribution in [3.05, 3.63) is 59.2 Å². The van der Waals surface area contributed by atoms with Crippen LogP contribution in [0.15, 0.2) is 42.5 Å². The summed E-state index contributed by atoms with van der Waals surface area (Å²) in [7, 11) is 0. The quantitative estimate of drug-likeness (QED) is 0.496. The minimum atomic E-state index is -0.857. The van der Waals surface area contributed by atoms with Gasteiger partial charge in [0.25, 0.3) is 0 Å². The van der Waals surface area contributed by atoms with Crippen LogP contribution in [0, 0.1) is 0 Å². The topological polar surface area (TPSA) is 17.1 Å². The number of fused-ring (bicyclic) bond motifs is 3. The molecule has 2 aromatic rings. The highest BCUT2D eigenvalue weighted by Gasteiger charge is 2.30. The summed E-state index contributed by atoms with van der Waals surface area (Å²) in [6, 6.07) is 14.2. The second-order valence-corrected chi connectivity index (χ2v) is 6.41. The van der Waals surface area contributed by atoms with Gasteiger partial charge >= 0.3 is 0 Å². The number of benzene rings is 2. The average molecular weight is 271 g/mol. The zero-order valence-electron chi connectivity index (χ0n) is 11.0. The van der Waals surface area contributed by atoms with E-state index < -0.39 is 4.87 Å². The Morgan fingerprint density at radius 1 is 1.05 bits per heavy atom. The van der Waals surface area contributed by atoms with Gasteiger partial charge in [0, 0.05) is 5.56 Å². The van der Waals surface area contributed by atoms with E-state index in [1.165, 1.54) is 16.7 Å². The summed E-state index contributed by atoms with van der Waals surface area (Å²) < 4.78 is 0. The fraction of sp³-hybridized carbons (Fsp3) is 0.235. The third-order valence-electron chi connectivity index (χ3n) is 3.64. The molecule has 0 unspecified atom stereocenters. The van der Waals surface area contributed by atoms with Crippen LogP contribution in [-0.4, -0.2) is 10.7 Å². The Morgan fingerprint density at radius 3 is 2.47 bits per heavy atom. The molecule has 0 bridgehead atoms. The van der Waals surface area contributed by atoms with Crippen LogP contribution >= 0.6 is 11.6 Å². The number of carbonyl (C=O) groups is 1. The van der Waals surface area contributed by atoms with Crippen molar-refractivity contribution in [3.63, 3.8) is 0 Å². The number of halogens is 1. The van der Waals surface area contributed by atoms with Crippen LogP contribution in [0.4, 0.5) is 0 Å². The van der Waals surface area contributed by atoms with Crippen LogP contribution in [0.3, 0.4) is 0 Å². The largest absolute Gasteiger partial charge is 0.292 e. The Hall–Kier alpha value is -1.60. The fourth-order valence-corrected chi connectivity index (χ4v) is 2.79. The number of hydrogen-bond acceptors (Lipinski definition) is 1. The van der Waals surface area contributed by atoms with Crippen LogP contribution < -0.4 is 0 Å². The number of hydrogen-bond donors (Lipinski definition) is 0. The molecule has 19 heavy (non-hydrogen) atoms. The summed E-state index contributed by atoms with van der Waals surface area (Å²) in [4.78, 5) is 11.6. The van der Waals surface area contributed by atoms with Gasteiger partial charge in [-0.05, 0) is 42.5 Å². The lowest BCUT2D eigenvalue weighted by atomic mass is 9.93. The van der Waals surface area contributed by atoms with E-state index in [0.717, 1.165) is 17.5 Å². The Bertz CT molecular complexity index is 665. The molecule has 0 aliphatic heterocycles. The maximum absolute atomic E-state index is 12.4. The SMILES string of the molecule is CC(C)(Cl)C(=O)c1cccc2c1Cc1ccccc1-2. The molecule has 0 amide bonds. The molecule has 0 N–H and O–H groups in total. The molecule has 0 radical (unpaired) electrons. The van der Waals surface area contributed by atoms with Crippen LogP contribution in [0.5, 0.6) is 0 Å². The lowest BCUT2D eigenvalue weighted by molar-refractivity contribution is 0.0954. The van der Waals surface area contributed by atoms with Crippen molar-refractivity contribution in [2.45, 2.75) is 25.1 Å². The van der Waals surface area contributed by atoms with Crippen LogP contribution in [0.1, 0.15) is 35.3 Å². The predicted molar refractivity (Wildman–Crippen MR) is 78.9 cm³/mol. The first-order valence-corrected chi connectivity index (χ1v) is 6.80. The maximum atomic E-state index is 12.4. The first-order valence-electron chi connectivity index (χ1n) is 6.42. The van der Waals surface area contributed by atoms with Crippen molar-refractivity contribution in [3.8, 4) is 11.1 Å². The highest BCUT2D eigenvalue weighted by Crippen LogP contribution is 2.39. The molecule has 0 aromatic heterocycles. The molecule has 0 atom stereocenters. The molecule has 2 aromatic carbocycles. The number of alkyl halides is 1. The van der Waals surface area contributed by atoms with Crippen molar-refractivity contribution in [1.29, 1.82) is 0 Å². The summed E-state index contributed by atoms with van der Waals surface area (Å²) in [6.45, 7) is 3.50. The lowest BCUT2D eigenvalue weighted by Gasteiger charge is -2.16. The number of Topliss-reactive ketones (excluding diaryl/α,β-unsaturated/α-hetero) is 1. The Balaban J connectivity index is 2.17. The predicted octanol–water partition coefficient (Wildman–Crippen LogP) is 4.46. The van der Waals surface area contributed by atoms with Gasteiger partial charge in [0.1, 0.15) is 4.87 Å². The minimum Gasteiger partial charge on any atom is -0.292 e. The molecule has 3 rings (SSSR count). The van der Waals surface area contributed by atoms with E-state index in [1.807, 2.05) is 24.3 Å². The fourth-order valence-electron chi connectivity index (χ4n) is 2.69. The molecular weight excluding hydrogens is 256 g/mol. The van der Waals surface area contributed by atoms with Crippen molar-refractivity contribution in [2.24, 2.45) is 0 Å². The van der Waals surface area contributed by atoms with Crippen LogP contribution in [0.25, 0.3) is 11.1 Å². The first-order chi connectivity index (χ1) is 8.98. The van der Waals surface area contributed by atoms with E-state index in [1.54, 1.807) is 13.8 Å². The Morgan fingerprint density at radius 2 is 1.74 bits per heavy atom. The second kappa shape index (κ2) is 4.21. The number of carbonyl (C=O) groups excluding carboxylic acids is 1. The molecule has 1 aliphatic carbocycles. The minimum absolute atomic E-state index is 0.00109. The van der Waals surface area contributed by atoms with Crippen molar-refractivity contribution >= 4 is 17.4 Å². The van der Waals surface area contributed by atoms with Gasteiger partial charge in [-0.1, -0.05) is 42.5 Å². The van der Waals surface area contributed by atoms with Gasteiger partial charge in [-0.15, -0.1) is 11.6 Å². The zero-order chi connectivity index (χ0) is 13.6. The van der Waals surface area contributed by atoms with Gasteiger partial charge in [0.05, 0.1) is 0 Å². The normalized spacial score (nSPS) is 13.0. The third kappa shape index (κ3) is 1.98. The van der Waals surface area contributed by atoms with E-state index in [0.29, 0.717) is 0 Å². The number of rotatable bonds is 2. The van der Waals surface area contributed by atoms with E-state index in [9.17, 15) is 4.79 Å². The first kappa shape index (κ1) is 12.4. The molecule has 1 aliphatic rings. The summed E-state index contributed by atoms with van der Waals surface area (Å²) in [5.74, 6) is -0.00109. The summed E-state index contributed by atoms with van der Waals surface area (Å²) in [5.41, 5.74) is 5.56. The molecule has 2 heteroatoms. The maximum Gasteiger partial charge on any atom is 0.183 e. The molecule has 0 saturated heterocycles. The lowest BCUT2D eigenvalue weighted by Crippen LogP contribution is -2.25. The van der Waals surface area contributed by atoms with Gasteiger partial charge in [0.15, 0.2) is 5.78 Å². The van der Waals surface area contributed by atoms with Gasteiger partial charge in [-0.2, -0.15) is 0 Å². The van der Waals surface area contributed by atoms with E-state index >= 15 is 0 Å². The van der Waals surface area contributed by atoms with Gasteiger partial charge in [-0.3, -0.25) is 4.79 Å². The molecule has 1 nitrogen and oxygen atoms in total. The smallest absolute Gasteiger partial charge is 0.183 e. The van der Waals surface area contributed by atoms with Gasteiger partial charge in [-0.25, -0.2) is 0 Å².